The molecule has 0 heterocycles. The summed E-state index contributed by atoms with van der Waals surface area (Å²) in [7, 11) is 0. The van der Waals surface area contributed by atoms with Gasteiger partial charge in [0.05, 0.1) is 0 Å². The van der Waals surface area contributed by atoms with Crippen molar-refractivity contribution in [3.05, 3.63) is 119 Å². The largest absolute Gasteiger partial charge is 4.00 e. The topological polar surface area (TPSA) is 0 Å². The van der Waals surface area contributed by atoms with Crippen molar-refractivity contribution in [3.63, 3.8) is 0 Å². The van der Waals surface area contributed by atoms with Gasteiger partial charge < -0.3 is 24.8 Å². The van der Waals surface area contributed by atoms with Crippen LogP contribution >= 0.6 is 0 Å². The van der Waals surface area contributed by atoms with Crippen molar-refractivity contribution < 1.29 is 50.7 Å². The Morgan fingerprint density at radius 3 is 1.31 bits per heavy atom. The summed E-state index contributed by atoms with van der Waals surface area (Å²) >= 11 is 0. The maximum absolute atomic E-state index is 3.43. The summed E-state index contributed by atoms with van der Waals surface area (Å²) in [5.41, 5.74) is 11.4. The predicted octanol–water partition coefficient (Wildman–Crippen LogP) is 2.80. The Morgan fingerprint density at radius 1 is 0.543 bits per heavy atom. The van der Waals surface area contributed by atoms with E-state index in [2.05, 4.69) is 98.8 Å². The first kappa shape index (κ1) is 29.6. The smallest absolute Gasteiger partial charge is 1.00 e. The van der Waals surface area contributed by atoms with E-state index in [-0.39, 0.29) is 50.7 Å². The molecule has 2 aliphatic carbocycles. The zero-order valence-corrected chi connectivity index (χ0v) is 25.4. The molecule has 4 aromatic rings. The predicted molar refractivity (Wildman–Crippen MR) is 135 cm³/mol. The Kier molecular flexibility index (Phi) is 11.5. The molecule has 4 aromatic carbocycles. The fraction of sp³-hybridized carbons (Fsp3) is 0.250. The first-order chi connectivity index (χ1) is 15.8. The van der Waals surface area contributed by atoms with Crippen LogP contribution in [0.2, 0.25) is 0 Å². The number of fused-ring (bicyclic) bond motifs is 6. The normalized spacial score (nSPS) is 15.5. The summed E-state index contributed by atoms with van der Waals surface area (Å²) in [5, 5.41) is 0. The fourth-order valence-corrected chi connectivity index (χ4v) is 5.53. The van der Waals surface area contributed by atoms with E-state index in [9.17, 15) is 0 Å². The van der Waals surface area contributed by atoms with Gasteiger partial charge in [0.25, 0.3) is 0 Å². The molecule has 35 heavy (non-hydrogen) atoms. The molecule has 0 saturated heterocycles. The van der Waals surface area contributed by atoms with Gasteiger partial charge in [-0.2, -0.15) is 48.5 Å². The van der Waals surface area contributed by atoms with Gasteiger partial charge in [0.2, 0.25) is 0 Å². The second-order valence-electron chi connectivity index (χ2n) is 8.85. The molecular formula is C32H30Cl2Hf. The van der Waals surface area contributed by atoms with E-state index in [0.29, 0.717) is 11.8 Å². The Hall–Kier alpha value is -1.67. The fourth-order valence-electron chi connectivity index (χ4n) is 5.53. The minimum absolute atomic E-state index is 0. The Labute approximate surface area is 242 Å². The molecule has 2 aliphatic rings. The van der Waals surface area contributed by atoms with Gasteiger partial charge in [-0.05, 0) is 35.8 Å². The Morgan fingerprint density at radius 2 is 0.914 bits per heavy atom. The summed E-state index contributed by atoms with van der Waals surface area (Å²) in [6.07, 6.45) is 4.90. The van der Waals surface area contributed by atoms with Crippen molar-refractivity contribution in [2.24, 2.45) is 0 Å². The van der Waals surface area contributed by atoms with Crippen LogP contribution in [0, 0.1) is 12.1 Å². The zero-order valence-electron chi connectivity index (χ0n) is 20.3. The molecule has 0 amide bonds. The van der Waals surface area contributed by atoms with Crippen LogP contribution in [0.3, 0.4) is 0 Å². The number of hydrogen-bond acceptors (Lipinski definition) is 0. The molecule has 0 aliphatic heterocycles. The average molecular weight is 664 g/mol. The standard InChI is InChI=1S/2C16H15.2ClH.Hf/c2*1-2-7-12-13-8-3-5-10-15(13)16-11-6-4-9-14(12)16;;;/h2*3-6,8,10-12H,2,7H2,1H3;2*1H;/q2*-1;;;+4/p-2. The third-order valence-corrected chi connectivity index (χ3v) is 6.88. The first-order valence-corrected chi connectivity index (χ1v) is 12.0. The first-order valence-electron chi connectivity index (χ1n) is 12.0. The van der Waals surface area contributed by atoms with Crippen molar-refractivity contribution in [1.29, 1.82) is 0 Å². The molecule has 6 rings (SSSR count). The quantitative estimate of drug-likeness (QED) is 0.233. The number of benzene rings is 4. The number of rotatable bonds is 4. The maximum Gasteiger partial charge on any atom is 4.00 e. The Balaban J connectivity index is 0.000000227. The van der Waals surface area contributed by atoms with Crippen LogP contribution < -0.4 is 24.8 Å². The minimum atomic E-state index is 0. The molecule has 176 valence electrons. The van der Waals surface area contributed by atoms with E-state index in [1.807, 2.05) is 12.1 Å². The molecule has 2 unspecified atom stereocenters. The molecule has 0 aromatic heterocycles. The van der Waals surface area contributed by atoms with Crippen molar-refractivity contribution in [2.75, 3.05) is 0 Å². The zero-order chi connectivity index (χ0) is 21.9. The second kappa shape index (κ2) is 13.6. The van der Waals surface area contributed by atoms with E-state index < -0.39 is 0 Å². The SMILES string of the molecule is CCCC1c2[c-]cccc2-c2ccccc21.CCCC1c2[c-]cccc2-c2ccccc21.[Cl-].[Cl-].[Hf+4]. The average Bonchev–Trinajstić information content (AvgIpc) is 3.34. The van der Waals surface area contributed by atoms with Gasteiger partial charge in [-0.3, -0.25) is 0 Å². The van der Waals surface area contributed by atoms with Gasteiger partial charge in [0.1, 0.15) is 0 Å². The maximum atomic E-state index is 3.43. The Bertz CT molecular complexity index is 1050. The van der Waals surface area contributed by atoms with E-state index in [1.54, 1.807) is 0 Å². The number of hydrogen-bond donors (Lipinski definition) is 0. The van der Waals surface area contributed by atoms with Crippen molar-refractivity contribution >= 4 is 0 Å². The van der Waals surface area contributed by atoms with Gasteiger partial charge in [-0.1, -0.05) is 86.3 Å². The third kappa shape index (κ3) is 5.68. The van der Waals surface area contributed by atoms with E-state index >= 15 is 0 Å². The summed E-state index contributed by atoms with van der Waals surface area (Å²) in [6.45, 7) is 4.51. The molecule has 3 heteroatoms. The molecule has 0 N–H and O–H groups in total. The molecule has 0 spiro atoms. The van der Waals surface area contributed by atoms with Gasteiger partial charge in [0.15, 0.2) is 0 Å². The van der Waals surface area contributed by atoms with E-state index in [1.165, 1.54) is 70.2 Å². The van der Waals surface area contributed by atoms with Crippen LogP contribution in [-0.2, 0) is 25.8 Å². The van der Waals surface area contributed by atoms with E-state index in [4.69, 9.17) is 0 Å². The minimum Gasteiger partial charge on any atom is -1.00 e. The van der Waals surface area contributed by atoms with Crippen molar-refractivity contribution in [2.45, 2.75) is 51.4 Å². The van der Waals surface area contributed by atoms with Crippen LogP contribution in [-0.4, -0.2) is 0 Å². The molecule has 0 fully saturated rings. The molecule has 0 saturated carbocycles. The third-order valence-electron chi connectivity index (χ3n) is 6.88. The van der Waals surface area contributed by atoms with Crippen LogP contribution in [0.15, 0.2) is 84.9 Å². The summed E-state index contributed by atoms with van der Waals surface area (Å²) < 4.78 is 0. The van der Waals surface area contributed by atoms with Crippen molar-refractivity contribution in [3.8, 4) is 22.3 Å². The van der Waals surface area contributed by atoms with Crippen LogP contribution in [0.4, 0.5) is 0 Å². The van der Waals surface area contributed by atoms with Crippen molar-refractivity contribution in [1.82, 2.24) is 0 Å². The molecule has 0 bridgehead atoms. The van der Waals surface area contributed by atoms with E-state index in [0.717, 1.165) is 0 Å². The van der Waals surface area contributed by atoms with Crippen LogP contribution in [0.5, 0.6) is 0 Å². The van der Waals surface area contributed by atoms with Gasteiger partial charge in [-0.15, -0.1) is 22.3 Å². The molecule has 0 radical (unpaired) electrons. The van der Waals surface area contributed by atoms with Gasteiger partial charge in [0, 0.05) is 0 Å². The summed E-state index contributed by atoms with van der Waals surface area (Å²) in [6, 6.07) is 37.1. The second-order valence-corrected chi connectivity index (χ2v) is 8.85. The molecule has 0 nitrogen and oxygen atoms in total. The summed E-state index contributed by atoms with van der Waals surface area (Å²) in [4.78, 5) is 0. The molecule has 2 atom stereocenters. The molecular weight excluding hydrogens is 634 g/mol. The van der Waals surface area contributed by atoms with Gasteiger partial charge in [-0.25, -0.2) is 0 Å². The monoisotopic (exact) mass is 664 g/mol. The summed E-state index contributed by atoms with van der Waals surface area (Å²) in [5.74, 6) is 1.13. The van der Waals surface area contributed by atoms with Crippen LogP contribution in [0.25, 0.3) is 22.3 Å². The number of halogens is 2. The van der Waals surface area contributed by atoms with Gasteiger partial charge >= 0.3 is 25.8 Å². The van der Waals surface area contributed by atoms with Crippen LogP contribution in [0.1, 0.15) is 73.6 Å².